The van der Waals surface area contributed by atoms with Crippen LogP contribution in [0.2, 0.25) is 0 Å². The Balaban J connectivity index is 2.05. The highest BCUT2D eigenvalue weighted by Crippen LogP contribution is 2.37. The van der Waals surface area contributed by atoms with Crippen molar-refractivity contribution in [1.82, 2.24) is 4.90 Å². The van der Waals surface area contributed by atoms with Gasteiger partial charge < -0.3 is 4.74 Å². The lowest BCUT2D eigenvalue weighted by Crippen LogP contribution is -2.45. The molecule has 0 N–H and O–H groups in total. The van der Waals surface area contributed by atoms with E-state index in [1.54, 1.807) is 0 Å². The molecule has 4 nitrogen and oxygen atoms in total. The molecule has 0 saturated carbocycles. The van der Waals surface area contributed by atoms with Gasteiger partial charge in [-0.2, -0.15) is 0 Å². The van der Waals surface area contributed by atoms with Gasteiger partial charge in [-0.25, -0.2) is 0 Å². The van der Waals surface area contributed by atoms with Gasteiger partial charge in [0.2, 0.25) is 0 Å². The first-order valence-electron chi connectivity index (χ1n) is 8.65. The van der Waals surface area contributed by atoms with E-state index in [9.17, 15) is 9.59 Å². The lowest BCUT2D eigenvalue weighted by atomic mass is 9.97. The van der Waals surface area contributed by atoms with Crippen LogP contribution in [0.4, 0.5) is 0 Å². The summed E-state index contributed by atoms with van der Waals surface area (Å²) in [5, 5.41) is 0. The maximum absolute atomic E-state index is 12.5. The van der Waals surface area contributed by atoms with Crippen molar-refractivity contribution in [3.05, 3.63) is 11.6 Å². The Morgan fingerprint density at radius 2 is 2.09 bits per heavy atom. The van der Waals surface area contributed by atoms with E-state index in [1.807, 2.05) is 20.8 Å². The first kappa shape index (κ1) is 17.2. The topological polar surface area (TPSA) is 46.6 Å². The molecular weight excluding hydrogens is 278 g/mol. The first-order valence-corrected chi connectivity index (χ1v) is 8.65. The average Bonchev–Trinajstić information content (AvgIpc) is 2.97. The number of nitrogens with zero attached hydrogens (tertiary/aromatic N) is 1. The molecule has 1 fully saturated rings. The van der Waals surface area contributed by atoms with Gasteiger partial charge in [0.15, 0.2) is 5.78 Å². The van der Waals surface area contributed by atoms with Crippen LogP contribution in [0.15, 0.2) is 11.6 Å². The van der Waals surface area contributed by atoms with Gasteiger partial charge >= 0.3 is 5.97 Å². The van der Waals surface area contributed by atoms with E-state index in [4.69, 9.17) is 4.74 Å². The van der Waals surface area contributed by atoms with Crippen molar-refractivity contribution in [1.29, 1.82) is 0 Å². The number of ether oxygens (including phenoxy) is 1. The number of ketones is 1. The second kappa shape index (κ2) is 7.40. The largest absolute Gasteiger partial charge is 0.465 e. The molecule has 1 heterocycles. The van der Waals surface area contributed by atoms with Gasteiger partial charge in [-0.3, -0.25) is 14.5 Å². The van der Waals surface area contributed by atoms with Crippen LogP contribution < -0.4 is 0 Å². The Labute approximate surface area is 133 Å². The van der Waals surface area contributed by atoms with Gasteiger partial charge in [-0.05, 0) is 31.3 Å². The molecule has 0 bridgehead atoms. The zero-order valence-corrected chi connectivity index (χ0v) is 14.3. The average molecular weight is 307 g/mol. The van der Waals surface area contributed by atoms with Crippen LogP contribution in [-0.2, 0) is 14.3 Å². The summed E-state index contributed by atoms with van der Waals surface area (Å²) in [5.74, 6) is 0.696. The molecular formula is C18H29NO3. The quantitative estimate of drug-likeness (QED) is 0.679. The zero-order valence-electron chi connectivity index (χ0n) is 14.3. The third-order valence-electron chi connectivity index (χ3n) is 4.81. The number of esters is 1. The van der Waals surface area contributed by atoms with E-state index in [0.29, 0.717) is 18.9 Å². The maximum atomic E-state index is 12.5. The SMILES string of the molecule is CCCCC1=C[C@H]2CN(C(C(=O)OCC)C(C)C)C[C@H]2C1=O. The van der Waals surface area contributed by atoms with E-state index in [1.165, 1.54) is 0 Å². The van der Waals surface area contributed by atoms with E-state index < -0.39 is 0 Å². The molecule has 22 heavy (non-hydrogen) atoms. The fourth-order valence-corrected chi connectivity index (χ4v) is 3.76. The number of hydrogen-bond acceptors (Lipinski definition) is 4. The molecule has 0 aromatic carbocycles. The monoisotopic (exact) mass is 307 g/mol. The maximum Gasteiger partial charge on any atom is 0.323 e. The number of allylic oxidation sites excluding steroid dienone is 1. The van der Waals surface area contributed by atoms with Crippen LogP contribution in [0.1, 0.15) is 47.0 Å². The second-order valence-corrected chi connectivity index (χ2v) is 6.82. The molecule has 1 unspecified atom stereocenters. The van der Waals surface area contributed by atoms with Gasteiger partial charge in [0, 0.05) is 24.9 Å². The van der Waals surface area contributed by atoms with Gasteiger partial charge in [0.25, 0.3) is 0 Å². The van der Waals surface area contributed by atoms with Crippen molar-refractivity contribution in [3.63, 3.8) is 0 Å². The Kier molecular flexibility index (Phi) is 5.79. The summed E-state index contributed by atoms with van der Waals surface area (Å²) in [6.07, 6.45) is 5.28. The Bertz CT molecular complexity index is 455. The fraction of sp³-hybridized carbons (Fsp3) is 0.778. The summed E-state index contributed by atoms with van der Waals surface area (Å²) in [6.45, 7) is 9.96. The molecule has 2 aliphatic rings. The standard InChI is InChI=1S/C18H29NO3/c1-5-7-8-13-9-14-10-19(11-15(14)17(13)20)16(12(3)4)18(21)22-6-2/h9,12,14-16H,5-8,10-11H2,1-4H3/t14-,15+,16?/m0/s1. The summed E-state index contributed by atoms with van der Waals surface area (Å²) < 4.78 is 5.22. The summed E-state index contributed by atoms with van der Waals surface area (Å²) in [6, 6.07) is -0.231. The highest BCUT2D eigenvalue weighted by Gasteiger charge is 2.46. The minimum Gasteiger partial charge on any atom is -0.465 e. The number of fused-ring (bicyclic) bond motifs is 1. The Hall–Kier alpha value is -1.16. The number of carbonyl (C=O) groups excluding carboxylic acids is 2. The van der Waals surface area contributed by atoms with Gasteiger partial charge in [0.1, 0.15) is 6.04 Å². The summed E-state index contributed by atoms with van der Waals surface area (Å²) in [4.78, 5) is 26.9. The van der Waals surface area contributed by atoms with E-state index in [0.717, 1.165) is 31.4 Å². The second-order valence-electron chi connectivity index (χ2n) is 6.82. The highest BCUT2D eigenvalue weighted by molar-refractivity contribution is 6.00. The number of rotatable bonds is 7. The van der Waals surface area contributed by atoms with Gasteiger partial charge in [-0.1, -0.05) is 33.3 Å². The lowest BCUT2D eigenvalue weighted by Gasteiger charge is -2.29. The number of Topliss-reactive ketones (excluding diaryl/α,β-unsaturated/α-hetero) is 1. The first-order chi connectivity index (χ1) is 10.5. The zero-order chi connectivity index (χ0) is 16.3. The number of unbranched alkanes of at least 4 members (excludes halogenated alkanes) is 1. The normalized spacial score (nSPS) is 26.2. The van der Waals surface area contributed by atoms with Crippen LogP contribution >= 0.6 is 0 Å². The number of likely N-dealkylation sites (tertiary alicyclic amines) is 1. The predicted molar refractivity (Wildman–Crippen MR) is 86.4 cm³/mol. The predicted octanol–water partition coefficient (Wildman–Crippen LogP) is 2.82. The van der Waals surface area contributed by atoms with Crippen LogP contribution in [0, 0.1) is 17.8 Å². The molecule has 1 saturated heterocycles. The van der Waals surface area contributed by atoms with Crippen molar-refractivity contribution in [2.24, 2.45) is 17.8 Å². The molecule has 1 aliphatic carbocycles. The fourth-order valence-electron chi connectivity index (χ4n) is 3.76. The number of carbonyl (C=O) groups is 2. The molecule has 1 aliphatic heterocycles. The third kappa shape index (κ3) is 3.43. The van der Waals surface area contributed by atoms with Crippen LogP contribution in [0.25, 0.3) is 0 Å². The van der Waals surface area contributed by atoms with Crippen molar-refractivity contribution >= 4 is 11.8 Å². The van der Waals surface area contributed by atoms with Crippen LogP contribution in [0.3, 0.4) is 0 Å². The van der Waals surface area contributed by atoms with Crippen molar-refractivity contribution in [2.45, 2.75) is 53.0 Å². The lowest BCUT2D eigenvalue weighted by molar-refractivity contribution is -0.151. The van der Waals surface area contributed by atoms with Crippen molar-refractivity contribution in [2.75, 3.05) is 19.7 Å². The van der Waals surface area contributed by atoms with Gasteiger partial charge in [0.05, 0.1) is 6.61 Å². The van der Waals surface area contributed by atoms with E-state index >= 15 is 0 Å². The molecule has 4 heteroatoms. The molecule has 0 radical (unpaired) electrons. The van der Waals surface area contributed by atoms with Crippen LogP contribution in [0.5, 0.6) is 0 Å². The molecule has 0 aromatic rings. The Morgan fingerprint density at radius 3 is 2.64 bits per heavy atom. The summed E-state index contributed by atoms with van der Waals surface area (Å²) in [7, 11) is 0. The molecule has 0 amide bonds. The third-order valence-corrected chi connectivity index (χ3v) is 4.81. The minimum atomic E-state index is -0.231. The molecule has 124 valence electrons. The minimum absolute atomic E-state index is 0.0579. The highest BCUT2D eigenvalue weighted by atomic mass is 16.5. The summed E-state index contributed by atoms with van der Waals surface area (Å²) >= 11 is 0. The van der Waals surface area contributed by atoms with Crippen molar-refractivity contribution in [3.8, 4) is 0 Å². The Morgan fingerprint density at radius 1 is 1.36 bits per heavy atom. The van der Waals surface area contributed by atoms with E-state index in [-0.39, 0.29) is 29.8 Å². The van der Waals surface area contributed by atoms with Crippen LogP contribution in [-0.4, -0.2) is 42.4 Å². The van der Waals surface area contributed by atoms with Crippen molar-refractivity contribution < 1.29 is 14.3 Å². The molecule has 0 spiro atoms. The molecule has 0 aromatic heterocycles. The molecule has 2 rings (SSSR count). The molecule has 3 atom stereocenters. The van der Waals surface area contributed by atoms with Gasteiger partial charge in [-0.15, -0.1) is 0 Å². The smallest absolute Gasteiger partial charge is 0.323 e. The summed E-state index contributed by atoms with van der Waals surface area (Å²) in [5.41, 5.74) is 1.02. The number of hydrogen-bond donors (Lipinski definition) is 0. The van der Waals surface area contributed by atoms with E-state index in [2.05, 4.69) is 17.9 Å².